The van der Waals surface area contributed by atoms with Gasteiger partial charge in [-0.25, -0.2) is 0 Å². The molecule has 0 aliphatic heterocycles. The smallest absolute Gasteiger partial charge is 0.0178 e. The van der Waals surface area contributed by atoms with Crippen LogP contribution in [0.4, 0.5) is 0 Å². The minimum Gasteiger partial charge on any atom is -0.330 e. The Morgan fingerprint density at radius 2 is 2.07 bits per heavy atom. The van der Waals surface area contributed by atoms with Crippen molar-refractivity contribution in [3.8, 4) is 0 Å². The second-order valence-electron chi connectivity index (χ2n) is 5.14. The highest BCUT2D eigenvalue weighted by atomic mass is 79.9. The zero-order valence-corrected chi connectivity index (χ0v) is 11.1. The van der Waals surface area contributed by atoms with Crippen molar-refractivity contribution in [3.63, 3.8) is 0 Å². The van der Waals surface area contributed by atoms with Crippen LogP contribution >= 0.6 is 15.9 Å². The van der Waals surface area contributed by atoms with Crippen LogP contribution in [0.5, 0.6) is 0 Å². The molecule has 1 saturated carbocycles. The molecule has 0 heterocycles. The maximum Gasteiger partial charge on any atom is 0.0178 e. The first-order chi connectivity index (χ1) is 6.98. The van der Waals surface area contributed by atoms with Gasteiger partial charge in [0.05, 0.1) is 0 Å². The quantitative estimate of drug-likeness (QED) is 0.873. The van der Waals surface area contributed by atoms with Gasteiger partial charge in [0.15, 0.2) is 0 Å². The molecule has 1 fully saturated rings. The SMILES string of the molecule is Cc1ccc(Br)cc1C1C(CN)C1(C)C. The molecular weight excluding hydrogens is 250 g/mol. The fourth-order valence-corrected chi connectivity index (χ4v) is 3.13. The van der Waals surface area contributed by atoms with Gasteiger partial charge in [-0.05, 0) is 54.0 Å². The Kier molecular flexibility index (Phi) is 2.68. The molecule has 1 aliphatic rings. The van der Waals surface area contributed by atoms with Crippen molar-refractivity contribution < 1.29 is 0 Å². The van der Waals surface area contributed by atoms with E-state index in [1.807, 2.05) is 0 Å². The van der Waals surface area contributed by atoms with Crippen LogP contribution in [0, 0.1) is 18.3 Å². The average molecular weight is 268 g/mol. The number of halogens is 1. The summed E-state index contributed by atoms with van der Waals surface area (Å²) >= 11 is 3.54. The van der Waals surface area contributed by atoms with E-state index < -0.39 is 0 Å². The Morgan fingerprint density at radius 1 is 1.40 bits per heavy atom. The van der Waals surface area contributed by atoms with Gasteiger partial charge in [-0.1, -0.05) is 35.8 Å². The van der Waals surface area contributed by atoms with Gasteiger partial charge in [0, 0.05) is 4.47 Å². The van der Waals surface area contributed by atoms with Crippen LogP contribution < -0.4 is 5.73 Å². The summed E-state index contributed by atoms with van der Waals surface area (Å²) in [6.07, 6.45) is 0. The molecule has 1 aliphatic carbocycles. The standard InChI is InChI=1S/C13H18BrN/c1-8-4-5-9(14)6-10(8)12-11(7-15)13(12,2)3/h4-6,11-12H,7,15H2,1-3H3. The fraction of sp³-hybridized carbons (Fsp3) is 0.538. The van der Waals surface area contributed by atoms with Crippen LogP contribution in [0.25, 0.3) is 0 Å². The molecule has 2 N–H and O–H groups in total. The van der Waals surface area contributed by atoms with Gasteiger partial charge < -0.3 is 5.73 Å². The molecule has 0 spiro atoms. The molecule has 1 aromatic carbocycles. The molecule has 0 bridgehead atoms. The molecule has 0 radical (unpaired) electrons. The molecule has 0 amide bonds. The number of aryl methyl sites for hydroxylation is 1. The zero-order valence-electron chi connectivity index (χ0n) is 9.55. The van der Waals surface area contributed by atoms with Gasteiger partial charge in [0.25, 0.3) is 0 Å². The normalized spacial score (nSPS) is 27.8. The summed E-state index contributed by atoms with van der Waals surface area (Å²) in [6.45, 7) is 7.61. The predicted molar refractivity (Wildman–Crippen MR) is 67.9 cm³/mol. The van der Waals surface area contributed by atoms with E-state index in [2.05, 4.69) is 54.9 Å². The summed E-state index contributed by atoms with van der Waals surface area (Å²) in [5, 5.41) is 0. The van der Waals surface area contributed by atoms with Gasteiger partial charge in [0.2, 0.25) is 0 Å². The van der Waals surface area contributed by atoms with E-state index in [4.69, 9.17) is 5.73 Å². The number of rotatable bonds is 2. The Hall–Kier alpha value is -0.340. The van der Waals surface area contributed by atoms with E-state index >= 15 is 0 Å². The monoisotopic (exact) mass is 267 g/mol. The van der Waals surface area contributed by atoms with Gasteiger partial charge in [0.1, 0.15) is 0 Å². The van der Waals surface area contributed by atoms with Crippen LogP contribution in [0.1, 0.15) is 30.9 Å². The molecule has 1 nitrogen and oxygen atoms in total. The summed E-state index contributed by atoms with van der Waals surface area (Å²) in [4.78, 5) is 0. The Balaban J connectivity index is 2.36. The molecule has 15 heavy (non-hydrogen) atoms. The maximum atomic E-state index is 5.81. The summed E-state index contributed by atoms with van der Waals surface area (Å²) in [5.74, 6) is 1.28. The van der Waals surface area contributed by atoms with Gasteiger partial charge >= 0.3 is 0 Å². The lowest BCUT2D eigenvalue weighted by Crippen LogP contribution is -2.05. The van der Waals surface area contributed by atoms with Crippen molar-refractivity contribution in [1.82, 2.24) is 0 Å². The number of hydrogen-bond acceptors (Lipinski definition) is 1. The van der Waals surface area contributed by atoms with Crippen molar-refractivity contribution in [2.75, 3.05) is 6.54 Å². The van der Waals surface area contributed by atoms with Crippen molar-refractivity contribution in [2.45, 2.75) is 26.7 Å². The lowest BCUT2D eigenvalue weighted by atomic mass is 9.99. The second-order valence-corrected chi connectivity index (χ2v) is 6.06. The van der Waals surface area contributed by atoms with Crippen LogP contribution in [-0.2, 0) is 0 Å². The average Bonchev–Trinajstić information content (AvgIpc) is 2.72. The minimum absolute atomic E-state index is 0.375. The third-order valence-corrected chi connectivity index (χ3v) is 4.37. The summed E-state index contributed by atoms with van der Waals surface area (Å²) in [7, 11) is 0. The topological polar surface area (TPSA) is 26.0 Å². The molecule has 0 saturated heterocycles. The summed E-state index contributed by atoms with van der Waals surface area (Å²) in [5.41, 5.74) is 9.03. The van der Waals surface area contributed by atoms with Crippen molar-refractivity contribution in [1.29, 1.82) is 0 Å². The highest BCUT2D eigenvalue weighted by Crippen LogP contribution is 2.64. The Labute approximate surface area is 100 Å². The summed E-state index contributed by atoms with van der Waals surface area (Å²) in [6, 6.07) is 6.53. The Morgan fingerprint density at radius 3 is 2.60 bits per heavy atom. The van der Waals surface area contributed by atoms with Crippen LogP contribution in [-0.4, -0.2) is 6.54 Å². The first-order valence-electron chi connectivity index (χ1n) is 5.44. The van der Waals surface area contributed by atoms with E-state index in [0.717, 1.165) is 6.54 Å². The maximum absolute atomic E-state index is 5.81. The molecule has 2 rings (SSSR count). The lowest BCUT2D eigenvalue weighted by molar-refractivity contribution is 0.558. The van der Waals surface area contributed by atoms with E-state index in [9.17, 15) is 0 Å². The lowest BCUT2D eigenvalue weighted by Gasteiger charge is -2.07. The molecular formula is C13H18BrN. The number of nitrogens with two attached hydrogens (primary N) is 1. The highest BCUT2D eigenvalue weighted by molar-refractivity contribution is 9.10. The van der Waals surface area contributed by atoms with Crippen molar-refractivity contribution in [3.05, 3.63) is 33.8 Å². The number of benzene rings is 1. The van der Waals surface area contributed by atoms with Gasteiger partial charge in [-0.2, -0.15) is 0 Å². The molecule has 0 aromatic heterocycles. The zero-order chi connectivity index (χ0) is 11.2. The molecule has 2 unspecified atom stereocenters. The molecule has 2 heteroatoms. The molecule has 2 atom stereocenters. The minimum atomic E-state index is 0.375. The van der Waals surface area contributed by atoms with E-state index in [1.165, 1.54) is 15.6 Å². The van der Waals surface area contributed by atoms with Gasteiger partial charge in [-0.15, -0.1) is 0 Å². The van der Waals surface area contributed by atoms with Crippen LogP contribution in [0.3, 0.4) is 0 Å². The number of hydrogen-bond donors (Lipinski definition) is 1. The summed E-state index contributed by atoms with van der Waals surface area (Å²) < 4.78 is 1.17. The van der Waals surface area contributed by atoms with Crippen LogP contribution in [0.15, 0.2) is 22.7 Å². The highest BCUT2D eigenvalue weighted by Gasteiger charge is 2.57. The van der Waals surface area contributed by atoms with Crippen LogP contribution in [0.2, 0.25) is 0 Å². The predicted octanol–water partition coefficient (Wildman–Crippen LogP) is 3.46. The van der Waals surface area contributed by atoms with Crippen molar-refractivity contribution >= 4 is 15.9 Å². The second kappa shape index (κ2) is 3.60. The van der Waals surface area contributed by atoms with E-state index in [-0.39, 0.29) is 0 Å². The Bertz CT molecular complexity index is 384. The third kappa shape index (κ3) is 1.74. The largest absolute Gasteiger partial charge is 0.330 e. The molecule has 1 aromatic rings. The molecule has 82 valence electrons. The first kappa shape index (κ1) is 11.2. The van der Waals surface area contributed by atoms with E-state index in [0.29, 0.717) is 17.3 Å². The fourth-order valence-electron chi connectivity index (χ4n) is 2.75. The van der Waals surface area contributed by atoms with Crippen molar-refractivity contribution in [2.24, 2.45) is 17.1 Å². The third-order valence-electron chi connectivity index (χ3n) is 3.88. The van der Waals surface area contributed by atoms with E-state index in [1.54, 1.807) is 0 Å². The first-order valence-corrected chi connectivity index (χ1v) is 6.24. The van der Waals surface area contributed by atoms with Gasteiger partial charge in [-0.3, -0.25) is 0 Å².